The van der Waals surface area contributed by atoms with Crippen molar-refractivity contribution in [3.05, 3.63) is 288 Å². The average Bonchev–Trinajstić information content (AvgIpc) is 4.03. The van der Waals surface area contributed by atoms with Crippen molar-refractivity contribution < 1.29 is 9.53 Å². The van der Waals surface area contributed by atoms with Crippen LogP contribution in [0.25, 0.3) is 0 Å². The highest BCUT2D eigenvalue weighted by atomic mass is 16.5. The number of methoxy groups -OCH3 is 1. The molecule has 0 unspecified atom stereocenters. The van der Waals surface area contributed by atoms with Gasteiger partial charge in [0.1, 0.15) is 11.1 Å². The molecule has 0 saturated heterocycles. The molecule has 308 valence electrons. The third-order valence-electron chi connectivity index (χ3n) is 12.0. The number of hydrogen-bond donors (Lipinski definition) is 0. The number of hydrogen-bond acceptors (Lipinski definition) is 5. The SMILES string of the molecule is COC(=O)C(Cc1cn(C(c2ccccc2)(c2ccccc2)c2ccccc2)cn1)(Cc1cn(C(c2ccccc2)(c2ccccc2)c2ccccc2)cn1)/N=C/c1ccccc1. The van der Waals surface area contributed by atoms with E-state index in [9.17, 15) is 4.79 Å². The molecular weight excluding hydrogens is 775 g/mol. The van der Waals surface area contributed by atoms with Gasteiger partial charge in [0.15, 0.2) is 5.54 Å². The number of benzene rings is 7. The third-order valence-corrected chi connectivity index (χ3v) is 12.0. The van der Waals surface area contributed by atoms with E-state index >= 15 is 0 Å². The first-order chi connectivity index (χ1) is 31.1. The quantitative estimate of drug-likeness (QED) is 0.0586. The van der Waals surface area contributed by atoms with Gasteiger partial charge in [-0.1, -0.05) is 212 Å². The molecule has 0 N–H and O–H groups in total. The zero-order chi connectivity index (χ0) is 43.0. The lowest BCUT2D eigenvalue weighted by atomic mass is 9.76. The van der Waals surface area contributed by atoms with Crippen LogP contribution in [0.3, 0.4) is 0 Å². The van der Waals surface area contributed by atoms with E-state index in [1.54, 1.807) is 6.21 Å². The summed E-state index contributed by atoms with van der Waals surface area (Å²) in [4.78, 5) is 29.9. The Bertz CT molecular complexity index is 2520. The van der Waals surface area contributed by atoms with Crippen LogP contribution in [0.1, 0.15) is 50.3 Å². The average molecular weight is 822 g/mol. The summed E-state index contributed by atoms with van der Waals surface area (Å²) in [6.45, 7) is 0. The van der Waals surface area contributed by atoms with Crippen LogP contribution in [-0.4, -0.2) is 43.9 Å². The van der Waals surface area contributed by atoms with E-state index in [0.29, 0.717) is 11.4 Å². The van der Waals surface area contributed by atoms with E-state index in [4.69, 9.17) is 19.7 Å². The second-order valence-corrected chi connectivity index (χ2v) is 15.7. The first-order valence-electron chi connectivity index (χ1n) is 21.1. The van der Waals surface area contributed by atoms with Crippen molar-refractivity contribution in [3.63, 3.8) is 0 Å². The van der Waals surface area contributed by atoms with Crippen molar-refractivity contribution in [2.24, 2.45) is 4.99 Å². The molecule has 2 heterocycles. The molecule has 0 aliphatic rings. The van der Waals surface area contributed by atoms with Crippen molar-refractivity contribution in [2.75, 3.05) is 7.11 Å². The Morgan fingerprint density at radius 3 is 1.05 bits per heavy atom. The number of ether oxygens (including phenoxy) is 1. The Labute approximate surface area is 368 Å². The monoisotopic (exact) mass is 821 g/mol. The van der Waals surface area contributed by atoms with Gasteiger partial charge >= 0.3 is 5.97 Å². The minimum absolute atomic E-state index is 0.137. The number of aliphatic imine (C=N–C) groups is 1. The largest absolute Gasteiger partial charge is 0.467 e. The lowest BCUT2D eigenvalue weighted by Crippen LogP contribution is -2.43. The predicted octanol–water partition coefficient (Wildman–Crippen LogP) is 10.6. The fourth-order valence-electron chi connectivity index (χ4n) is 9.12. The highest BCUT2D eigenvalue weighted by Crippen LogP contribution is 2.43. The van der Waals surface area contributed by atoms with Crippen molar-refractivity contribution in [1.29, 1.82) is 0 Å². The summed E-state index contributed by atoms with van der Waals surface area (Å²) in [6.07, 6.45) is 9.87. The molecule has 0 fully saturated rings. The Hall–Kier alpha value is -7.90. The summed E-state index contributed by atoms with van der Waals surface area (Å²) in [7, 11) is 1.42. The Balaban J connectivity index is 1.20. The van der Waals surface area contributed by atoms with E-state index < -0.39 is 22.6 Å². The molecule has 0 aliphatic carbocycles. The number of aromatic nitrogens is 4. The Morgan fingerprint density at radius 2 is 0.762 bits per heavy atom. The van der Waals surface area contributed by atoms with Crippen LogP contribution >= 0.6 is 0 Å². The molecule has 0 atom stereocenters. The first-order valence-corrected chi connectivity index (χ1v) is 21.1. The van der Waals surface area contributed by atoms with Crippen LogP contribution in [0.4, 0.5) is 0 Å². The normalized spacial score (nSPS) is 12.0. The second kappa shape index (κ2) is 18.0. The van der Waals surface area contributed by atoms with Crippen LogP contribution in [0, 0.1) is 0 Å². The molecule has 0 amide bonds. The maximum absolute atomic E-state index is 14.6. The lowest BCUT2D eigenvalue weighted by molar-refractivity contribution is -0.146. The summed E-state index contributed by atoms with van der Waals surface area (Å²) in [5.74, 6) is -0.486. The minimum atomic E-state index is -1.45. The maximum atomic E-state index is 14.6. The number of imidazole rings is 2. The molecule has 0 bridgehead atoms. The summed E-state index contributed by atoms with van der Waals surface area (Å²) < 4.78 is 10.0. The van der Waals surface area contributed by atoms with Gasteiger partial charge in [-0.3, -0.25) is 4.99 Å². The second-order valence-electron chi connectivity index (χ2n) is 15.7. The number of nitrogens with zero attached hydrogens (tertiary/aromatic N) is 5. The van der Waals surface area contributed by atoms with Crippen molar-refractivity contribution >= 4 is 12.2 Å². The third kappa shape index (κ3) is 7.70. The van der Waals surface area contributed by atoms with Crippen molar-refractivity contribution in [1.82, 2.24) is 19.1 Å². The summed E-state index contributed by atoms with van der Waals surface area (Å²) in [5.41, 5.74) is 5.57. The van der Waals surface area contributed by atoms with Crippen molar-refractivity contribution in [2.45, 2.75) is 29.5 Å². The summed E-state index contributed by atoms with van der Waals surface area (Å²) in [5, 5.41) is 0. The van der Waals surface area contributed by atoms with E-state index in [1.807, 2.05) is 91.8 Å². The van der Waals surface area contributed by atoms with Gasteiger partial charge in [0, 0.05) is 31.4 Å². The zero-order valence-electron chi connectivity index (χ0n) is 35.1. The number of esters is 1. The highest BCUT2D eigenvalue weighted by Gasteiger charge is 2.44. The molecule has 0 saturated carbocycles. The minimum Gasteiger partial charge on any atom is -0.467 e. The van der Waals surface area contributed by atoms with Gasteiger partial charge in [-0.05, 0) is 38.9 Å². The smallest absolute Gasteiger partial charge is 0.334 e. The van der Waals surface area contributed by atoms with Crippen LogP contribution in [0.15, 0.2) is 242 Å². The van der Waals surface area contributed by atoms with Crippen molar-refractivity contribution in [3.8, 4) is 0 Å². The van der Waals surface area contributed by atoms with Gasteiger partial charge in [0.2, 0.25) is 0 Å². The molecule has 7 aromatic carbocycles. The lowest BCUT2D eigenvalue weighted by Gasteiger charge is -2.37. The van der Waals surface area contributed by atoms with Gasteiger partial charge in [0.25, 0.3) is 0 Å². The molecule has 7 nitrogen and oxygen atoms in total. The van der Waals surface area contributed by atoms with Crippen LogP contribution in [-0.2, 0) is 33.5 Å². The molecule has 0 spiro atoms. The number of carbonyl (C=O) groups is 1. The van der Waals surface area contributed by atoms with Gasteiger partial charge in [0.05, 0.1) is 31.2 Å². The van der Waals surface area contributed by atoms with E-state index in [-0.39, 0.29) is 12.8 Å². The Kier molecular flexibility index (Phi) is 11.6. The van der Waals surface area contributed by atoms with Gasteiger partial charge in [-0.15, -0.1) is 0 Å². The zero-order valence-corrected chi connectivity index (χ0v) is 35.1. The molecule has 2 aromatic heterocycles. The fourth-order valence-corrected chi connectivity index (χ4v) is 9.12. The summed E-state index contributed by atoms with van der Waals surface area (Å²) in [6, 6.07) is 72.6. The van der Waals surface area contributed by atoms with Crippen LogP contribution < -0.4 is 0 Å². The van der Waals surface area contributed by atoms with E-state index in [0.717, 1.165) is 38.9 Å². The highest BCUT2D eigenvalue weighted by molar-refractivity contribution is 5.87. The molecule has 9 aromatic rings. The molecule has 63 heavy (non-hydrogen) atoms. The number of carbonyl (C=O) groups excluding carboxylic acids is 1. The van der Waals surface area contributed by atoms with Crippen LogP contribution in [0.5, 0.6) is 0 Å². The molecule has 9 rings (SSSR count). The van der Waals surface area contributed by atoms with E-state index in [1.165, 1.54) is 7.11 Å². The molecule has 0 aliphatic heterocycles. The Morgan fingerprint density at radius 1 is 0.476 bits per heavy atom. The van der Waals surface area contributed by atoms with Crippen LogP contribution in [0.2, 0.25) is 0 Å². The molecule has 0 radical (unpaired) electrons. The maximum Gasteiger partial charge on any atom is 0.334 e. The predicted molar refractivity (Wildman–Crippen MR) is 250 cm³/mol. The summed E-state index contributed by atoms with van der Waals surface area (Å²) >= 11 is 0. The van der Waals surface area contributed by atoms with Gasteiger partial charge in [-0.2, -0.15) is 0 Å². The molecular formula is C56H47N5O2. The van der Waals surface area contributed by atoms with Gasteiger partial charge < -0.3 is 13.9 Å². The van der Waals surface area contributed by atoms with Gasteiger partial charge in [-0.25, -0.2) is 14.8 Å². The number of rotatable bonds is 15. The van der Waals surface area contributed by atoms with E-state index in [2.05, 4.69) is 155 Å². The standard InChI is InChI=1S/C56H47N5O2/c1-63-53(62)54(59-39-44-23-9-2-10-24-44,37-51-40-60(42-57-51)55(45-25-11-3-12-26-45,46-27-13-4-14-28-46)47-29-15-5-16-30-47)38-52-41-61(43-58-52)56(48-31-17-6-18-32-48,49-33-19-7-20-34-49)50-35-21-8-22-36-50/h2-36,39-43H,37-38H2,1H3/b59-39+. The topological polar surface area (TPSA) is 74.3 Å². The molecule has 7 heteroatoms. The first kappa shape index (κ1) is 40.5. The fraction of sp³-hybridized carbons (Fsp3) is 0.107.